The molecule has 142 valence electrons. The molecule has 0 aromatic heterocycles. The summed E-state index contributed by atoms with van der Waals surface area (Å²) in [6.07, 6.45) is -1.07. The van der Waals surface area contributed by atoms with Crippen molar-refractivity contribution in [2.24, 2.45) is 0 Å². The fourth-order valence-electron chi connectivity index (χ4n) is 2.21. The van der Waals surface area contributed by atoms with Gasteiger partial charge in [-0.3, -0.25) is 14.4 Å². The van der Waals surface area contributed by atoms with Crippen molar-refractivity contribution in [3.05, 3.63) is 65.0 Å². The first-order valence-electron chi connectivity index (χ1n) is 8.37. The van der Waals surface area contributed by atoms with Crippen molar-refractivity contribution >= 4 is 23.5 Å². The minimum atomic E-state index is -1.07. The Bertz CT molecular complexity index is 850. The molecule has 1 atom stereocenters. The fraction of sp³-hybridized carbons (Fsp3) is 0.250. The van der Waals surface area contributed by atoms with Crippen LogP contribution in [0.15, 0.2) is 42.5 Å². The van der Waals surface area contributed by atoms with Crippen molar-refractivity contribution < 1.29 is 23.5 Å². The van der Waals surface area contributed by atoms with Gasteiger partial charge in [0.2, 0.25) is 0 Å². The number of aryl methyl sites for hydroxylation is 2. The standard InChI is InChI=1S/C20H21FN2O4/c1-12-4-5-15(10-13(12)2)20(26)22-11-18(24)27-14(3)19(25)23-17-8-6-16(21)7-9-17/h4-10,14H,11H2,1-3H3,(H,22,26)(H,23,25)/t14-/m1/s1. The van der Waals surface area contributed by atoms with Crippen molar-refractivity contribution in [3.63, 3.8) is 0 Å². The van der Waals surface area contributed by atoms with Gasteiger partial charge in [0, 0.05) is 11.3 Å². The second kappa shape index (κ2) is 8.93. The maximum atomic E-state index is 12.9. The molecule has 0 aliphatic heterocycles. The minimum Gasteiger partial charge on any atom is -0.451 e. The van der Waals surface area contributed by atoms with Crippen LogP contribution in [0, 0.1) is 19.7 Å². The van der Waals surface area contributed by atoms with Crippen LogP contribution < -0.4 is 10.6 Å². The summed E-state index contributed by atoms with van der Waals surface area (Å²) in [5, 5.41) is 4.97. The van der Waals surface area contributed by atoms with Gasteiger partial charge in [-0.2, -0.15) is 0 Å². The van der Waals surface area contributed by atoms with E-state index in [0.29, 0.717) is 11.3 Å². The molecule has 0 heterocycles. The number of carbonyl (C=O) groups excluding carboxylic acids is 3. The fourth-order valence-corrected chi connectivity index (χ4v) is 2.21. The van der Waals surface area contributed by atoms with E-state index in [2.05, 4.69) is 10.6 Å². The lowest BCUT2D eigenvalue weighted by molar-refractivity contribution is -0.152. The lowest BCUT2D eigenvalue weighted by Crippen LogP contribution is -2.35. The molecule has 0 saturated carbocycles. The molecule has 0 radical (unpaired) electrons. The molecular formula is C20H21FN2O4. The molecule has 0 saturated heterocycles. The maximum Gasteiger partial charge on any atom is 0.326 e. The van der Waals surface area contributed by atoms with Crippen LogP contribution in [0.1, 0.15) is 28.4 Å². The highest BCUT2D eigenvalue weighted by molar-refractivity contribution is 5.97. The number of rotatable bonds is 6. The molecule has 0 aliphatic rings. The van der Waals surface area contributed by atoms with Crippen molar-refractivity contribution in [3.8, 4) is 0 Å². The van der Waals surface area contributed by atoms with Gasteiger partial charge >= 0.3 is 5.97 Å². The summed E-state index contributed by atoms with van der Waals surface area (Å²) in [5.41, 5.74) is 2.85. The summed E-state index contributed by atoms with van der Waals surface area (Å²) >= 11 is 0. The molecule has 2 amide bonds. The van der Waals surface area contributed by atoms with E-state index < -0.39 is 29.7 Å². The molecule has 7 heteroatoms. The van der Waals surface area contributed by atoms with Gasteiger partial charge in [0.1, 0.15) is 12.4 Å². The molecule has 0 fully saturated rings. The molecule has 0 unspecified atom stereocenters. The van der Waals surface area contributed by atoms with E-state index in [0.717, 1.165) is 11.1 Å². The Morgan fingerprint density at radius 2 is 1.70 bits per heavy atom. The van der Waals surface area contributed by atoms with Crippen LogP contribution in [0.5, 0.6) is 0 Å². The Kier molecular flexibility index (Phi) is 6.65. The van der Waals surface area contributed by atoms with Gasteiger partial charge in [-0.25, -0.2) is 4.39 Å². The van der Waals surface area contributed by atoms with E-state index in [1.54, 1.807) is 12.1 Å². The lowest BCUT2D eigenvalue weighted by Gasteiger charge is -2.14. The number of ether oxygens (including phenoxy) is 1. The number of anilines is 1. The lowest BCUT2D eigenvalue weighted by atomic mass is 10.1. The van der Waals surface area contributed by atoms with E-state index >= 15 is 0 Å². The third-order valence-corrected chi connectivity index (χ3v) is 3.95. The molecule has 2 N–H and O–H groups in total. The Hall–Kier alpha value is -3.22. The summed E-state index contributed by atoms with van der Waals surface area (Å²) in [7, 11) is 0. The summed E-state index contributed by atoms with van der Waals surface area (Å²) < 4.78 is 17.8. The van der Waals surface area contributed by atoms with Crippen LogP contribution in [-0.4, -0.2) is 30.4 Å². The highest BCUT2D eigenvalue weighted by atomic mass is 19.1. The van der Waals surface area contributed by atoms with Crippen molar-refractivity contribution in [1.29, 1.82) is 0 Å². The van der Waals surface area contributed by atoms with Crippen LogP contribution >= 0.6 is 0 Å². The molecule has 2 aromatic carbocycles. The number of carbonyl (C=O) groups is 3. The van der Waals surface area contributed by atoms with Crippen LogP contribution in [0.25, 0.3) is 0 Å². The van der Waals surface area contributed by atoms with Crippen molar-refractivity contribution in [2.75, 3.05) is 11.9 Å². The molecular weight excluding hydrogens is 351 g/mol. The highest BCUT2D eigenvalue weighted by Crippen LogP contribution is 2.10. The molecule has 2 aromatic rings. The second-order valence-corrected chi connectivity index (χ2v) is 6.11. The summed E-state index contributed by atoms with van der Waals surface area (Å²) in [6, 6.07) is 10.4. The van der Waals surface area contributed by atoms with E-state index in [9.17, 15) is 18.8 Å². The van der Waals surface area contributed by atoms with Crippen molar-refractivity contribution in [2.45, 2.75) is 26.9 Å². The van der Waals surface area contributed by atoms with Gasteiger partial charge in [0.05, 0.1) is 0 Å². The van der Waals surface area contributed by atoms with Crippen molar-refractivity contribution in [1.82, 2.24) is 5.32 Å². The third kappa shape index (κ3) is 5.91. The summed E-state index contributed by atoms with van der Waals surface area (Å²) in [5.74, 6) is -2.13. The summed E-state index contributed by atoms with van der Waals surface area (Å²) in [4.78, 5) is 35.9. The zero-order valence-corrected chi connectivity index (χ0v) is 15.3. The zero-order chi connectivity index (χ0) is 20.0. The predicted molar refractivity (Wildman–Crippen MR) is 98.8 cm³/mol. The molecule has 0 aliphatic carbocycles. The van der Waals surface area contributed by atoms with E-state index in [-0.39, 0.29) is 6.54 Å². The Morgan fingerprint density at radius 3 is 2.33 bits per heavy atom. The topological polar surface area (TPSA) is 84.5 Å². The zero-order valence-electron chi connectivity index (χ0n) is 15.3. The van der Waals surface area contributed by atoms with Crippen LogP contribution in [0.3, 0.4) is 0 Å². The first-order valence-corrected chi connectivity index (χ1v) is 8.37. The van der Waals surface area contributed by atoms with Gasteiger partial charge in [0.15, 0.2) is 6.10 Å². The van der Waals surface area contributed by atoms with E-state index in [1.165, 1.54) is 31.2 Å². The van der Waals surface area contributed by atoms with Crippen LogP contribution in [-0.2, 0) is 14.3 Å². The van der Waals surface area contributed by atoms with E-state index in [1.807, 2.05) is 19.9 Å². The third-order valence-electron chi connectivity index (χ3n) is 3.95. The number of esters is 1. The molecule has 0 bridgehead atoms. The van der Waals surface area contributed by atoms with Gasteiger partial charge in [-0.15, -0.1) is 0 Å². The average Bonchev–Trinajstić information content (AvgIpc) is 2.63. The largest absolute Gasteiger partial charge is 0.451 e. The first kappa shape index (κ1) is 20.1. The smallest absolute Gasteiger partial charge is 0.326 e. The Labute approximate surface area is 156 Å². The molecule has 2 rings (SSSR count). The minimum absolute atomic E-state index is 0.361. The van der Waals surface area contributed by atoms with E-state index in [4.69, 9.17) is 4.74 Å². The van der Waals surface area contributed by atoms with Crippen LogP contribution in [0.4, 0.5) is 10.1 Å². The maximum absolute atomic E-state index is 12.9. The Morgan fingerprint density at radius 1 is 1.04 bits per heavy atom. The SMILES string of the molecule is Cc1ccc(C(=O)NCC(=O)O[C@H](C)C(=O)Nc2ccc(F)cc2)cc1C. The number of nitrogens with one attached hydrogen (secondary N) is 2. The number of amides is 2. The number of benzene rings is 2. The average molecular weight is 372 g/mol. The first-order chi connectivity index (χ1) is 12.8. The van der Waals surface area contributed by atoms with Gasteiger partial charge in [-0.1, -0.05) is 6.07 Å². The number of hydrogen-bond acceptors (Lipinski definition) is 4. The van der Waals surface area contributed by atoms with Gasteiger partial charge in [0.25, 0.3) is 11.8 Å². The molecule has 6 nitrogen and oxygen atoms in total. The summed E-state index contributed by atoms with van der Waals surface area (Å²) in [6.45, 7) is 4.87. The number of halogens is 1. The highest BCUT2D eigenvalue weighted by Gasteiger charge is 2.18. The molecule has 27 heavy (non-hydrogen) atoms. The Balaban J connectivity index is 1.81. The monoisotopic (exact) mass is 372 g/mol. The van der Waals surface area contributed by atoms with Crippen LogP contribution in [0.2, 0.25) is 0 Å². The van der Waals surface area contributed by atoms with Gasteiger partial charge < -0.3 is 15.4 Å². The normalized spacial score (nSPS) is 11.4. The number of hydrogen-bond donors (Lipinski definition) is 2. The van der Waals surface area contributed by atoms with Gasteiger partial charge in [-0.05, 0) is 68.3 Å². The quantitative estimate of drug-likeness (QED) is 0.764. The second-order valence-electron chi connectivity index (χ2n) is 6.11. The predicted octanol–water partition coefficient (Wildman–Crippen LogP) is 2.74. The molecule has 0 spiro atoms.